The molecule has 3 heteroatoms. The monoisotopic (exact) mass is 142 g/mol. The number of nitrogens with zero attached hydrogens (tertiary/aromatic N) is 2. The predicted molar refractivity (Wildman–Crippen MR) is 37.6 cm³/mol. The molecule has 0 atom stereocenters. The number of hydrogen-bond acceptors (Lipinski definition) is 1. The molecule has 1 aromatic rings. The Morgan fingerprint density at radius 3 is 3.00 bits per heavy atom. The summed E-state index contributed by atoms with van der Waals surface area (Å²) in [6.45, 7) is 2.40. The van der Waals surface area contributed by atoms with E-state index in [2.05, 4.69) is 4.98 Å². The first-order valence-corrected chi connectivity index (χ1v) is 3.38. The van der Waals surface area contributed by atoms with Crippen LogP contribution in [-0.4, -0.2) is 16.2 Å². The smallest absolute Gasteiger partial charge is 0.105 e. The first kappa shape index (κ1) is 7.25. The van der Waals surface area contributed by atoms with Crippen LogP contribution in [0.2, 0.25) is 0 Å². The topological polar surface area (TPSA) is 17.8 Å². The first-order chi connectivity index (χ1) is 4.84. The molecule has 0 saturated heterocycles. The molecule has 0 radical (unpaired) electrons. The molecule has 0 spiro atoms. The molecule has 0 N–H and O–H groups in total. The molecule has 1 aromatic heterocycles. The molecule has 0 saturated carbocycles. The highest BCUT2D eigenvalue weighted by molar-refractivity contribution is 4.87. The lowest BCUT2D eigenvalue weighted by Gasteiger charge is -2.00. The molecular weight excluding hydrogens is 131 g/mol. The Bertz CT molecular complexity index is 195. The van der Waals surface area contributed by atoms with Crippen LogP contribution >= 0.6 is 0 Å². The highest BCUT2D eigenvalue weighted by Gasteiger charge is 1.93. The van der Waals surface area contributed by atoms with Crippen molar-refractivity contribution < 1.29 is 4.39 Å². The van der Waals surface area contributed by atoms with Crippen LogP contribution in [0.1, 0.15) is 12.2 Å². The zero-order valence-corrected chi connectivity index (χ0v) is 6.05. The molecule has 1 rings (SSSR count). The summed E-state index contributed by atoms with van der Waals surface area (Å²) in [5.41, 5.74) is 0. The number of halogens is 1. The molecule has 0 aliphatic heterocycles. The summed E-state index contributed by atoms with van der Waals surface area (Å²) in [6.07, 6.45) is 4.18. The fraction of sp³-hybridized carbons (Fsp3) is 0.571. The lowest BCUT2D eigenvalue weighted by atomic mass is 10.4. The Labute approximate surface area is 59.7 Å². The molecule has 0 aliphatic rings. The van der Waals surface area contributed by atoms with E-state index in [9.17, 15) is 4.39 Å². The summed E-state index contributed by atoms with van der Waals surface area (Å²) in [6, 6.07) is 0. The lowest BCUT2D eigenvalue weighted by Crippen LogP contribution is -1.99. The fourth-order valence-electron chi connectivity index (χ4n) is 0.870. The van der Waals surface area contributed by atoms with Gasteiger partial charge in [-0.15, -0.1) is 0 Å². The van der Waals surface area contributed by atoms with E-state index in [0.717, 1.165) is 12.4 Å². The molecule has 0 aromatic carbocycles. The maximum atomic E-state index is 11.7. The van der Waals surface area contributed by atoms with Crippen molar-refractivity contribution in [1.29, 1.82) is 0 Å². The quantitative estimate of drug-likeness (QED) is 0.626. The van der Waals surface area contributed by atoms with Gasteiger partial charge >= 0.3 is 0 Å². The molecule has 10 heavy (non-hydrogen) atoms. The van der Waals surface area contributed by atoms with Gasteiger partial charge in [-0.3, -0.25) is 4.39 Å². The molecule has 0 fully saturated rings. The van der Waals surface area contributed by atoms with Gasteiger partial charge in [-0.05, 0) is 13.3 Å². The number of rotatable bonds is 3. The first-order valence-electron chi connectivity index (χ1n) is 3.38. The van der Waals surface area contributed by atoms with E-state index in [1.54, 1.807) is 6.20 Å². The summed E-state index contributed by atoms with van der Waals surface area (Å²) in [4.78, 5) is 4.01. The average Bonchev–Trinajstić information content (AvgIpc) is 2.31. The lowest BCUT2D eigenvalue weighted by molar-refractivity contribution is 0.444. The van der Waals surface area contributed by atoms with Crippen molar-refractivity contribution >= 4 is 0 Å². The van der Waals surface area contributed by atoms with Crippen molar-refractivity contribution in [2.45, 2.75) is 19.9 Å². The predicted octanol–water partition coefficient (Wildman–Crippen LogP) is 1.55. The van der Waals surface area contributed by atoms with Gasteiger partial charge in [0.05, 0.1) is 6.67 Å². The Morgan fingerprint density at radius 2 is 2.50 bits per heavy atom. The number of aryl methyl sites for hydroxylation is 2. The van der Waals surface area contributed by atoms with Crippen molar-refractivity contribution in [2.75, 3.05) is 6.67 Å². The van der Waals surface area contributed by atoms with Gasteiger partial charge in [-0.25, -0.2) is 4.98 Å². The van der Waals surface area contributed by atoms with Crippen molar-refractivity contribution in [3.63, 3.8) is 0 Å². The molecular formula is C7H11FN2. The van der Waals surface area contributed by atoms with Crippen LogP contribution in [-0.2, 0) is 6.54 Å². The molecule has 0 aliphatic carbocycles. The fourth-order valence-corrected chi connectivity index (χ4v) is 0.870. The van der Waals surface area contributed by atoms with Crippen molar-refractivity contribution in [1.82, 2.24) is 9.55 Å². The Kier molecular flexibility index (Phi) is 2.42. The van der Waals surface area contributed by atoms with E-state index in [1.165, 1.54) is 0 Å². The molecule has 0 amide bonds. The van der Waals surface area contributed by atoms with Crippen molar-refractivity contribution in [3.8, 4) is 0 Å². The van der Waals surface area contributed by atoms with Crippen LogP contribution in [0.5, 0.6) is 0 Å². The summed E-state index contributed by atoms with van der Waals surface area (Å²) >= 11 is 0. The van der Waals surface area contributed by atoms with Crippen LogP contribution in [0, 0.1) is 6.92 Å². The average molecular weight is 142 g/mol. The second-order valence-electron chi connectivity index (χ2n) is 2.21. The van der Waals surface area contributed by atoms with Crippen molar-refractivity contribution in [3.05, 3.63) is 18.2 Å². The van der Waals surface area contributed by atoms with Gasteiger partial charge in [-0.2, -0.15) is 0 Å². The summed E-state index contributed by atoms with van der Waals surface area (Å²) < 4.78 is 13.6. The maximum Gasteiger partial charge on any atom is 0.105 e. The van der Waals surface area contributed by atoms with Crippen LogP contribution in [0.3, 0.4) is 0 Å². The van der Waals surface area contributed by atoms with Crippen LogP contribution < -0.4 is 0 Å². The summed E-state index contributed by atoms with van der Waals surface area (Å²) in [7, 11) is 0. The Balaban J connectivity index is 2.49. The largest absolute Gasteiger partial charge is 0.335 e. The highest BCUT2D eigenvalue weighted by atomic mass is 19.1. The van der Waals surface area contributed by atoms with E-state index in [1.807, 2.05) is 17.7 Å². The zero-order chi connectivity index (χ0) is 7.40. The number of imidazole rings is 1. The molecule has 0 bridgehead atoms. The second-order valence-corrected chi connectivity index (χ2v) is 2.21. The van der Waals surface area contributed by atoms with Crippen molar-refractivity contribution in [2.24, 2.45) is 0 Å². The van der Waals surface area contributed by atoms with E-state index in [-0.39, 0.29) is 6.67 Å². The Morgan fingerprint density at radius 1 is 1.70 bits per heavy atom. The van der Waals surface area contributed by atoms with Gasteiger partial charge in [0.15, 0.2) is 0 Å². The van der Waals surface area contributed by atoms with Gasteiger partial charge in [0.25, 0.3) is 0 Å². The Hall–Kier alpha value is -0.860. The molecule has 2 nitrogen and oxygen atoms in total. The summed E-state index contributed by atoms with van der Waals surface area (Å²) in [5, 5.41) is 0. The van der Waals surface area contributed by atoms with Gasteiger partial charge in [-0.1, -0.05) is 0 Å². The van der Waals surface area contributed by atoms with E-state index in [4.69, 9.17) is 0 Å². The minimum atomic E-state index is -0.252. The van der Waals surface area contributed by atoms with Gasteiger partial charge in [0, 0.05) is 18.9 Å². The van der Waals surface area contributed by atoms with Crippen LogP contribution in [0.25, 0.3) is 0 Å². The van der Waals surface area contributed by atoms with Gasteiger partial charge in [0.1, 0.15) is 5.82 Å². The van der Waals surface area contributed by atoms with E-state index in [0.29, 0.717) is 6.42 Å². The molecule has 0 unspecified atom stereocenters. The third-order valence-electron chi connectivity index (χ3n) is 1.46. The third kappa shape index (κ3) is 1.56. The second kappa shape index (κ2) is 3.34. The van der Waals surface area contributed by atoms with E-state index >= 15 is 0 Å². The molecule has 56 valence electrons. The highest BCUT2D eigenvalue weighted by Crippen LogP contribution is 1.96. The zero-order valence-electron chi connectivity index (χ0n) is 6.05. The number of aromatic nitrogens is 2. The maximum absolute atomic E-state index is 11.7. The van der Waals surface area contributed by atoms with Gasteiger partial charge in [0.2, 0.25) is 0 Å². The van der Waals surface area contributed by atoms with E-state index < -0.39 is 0 Å². The SMILES string of the molecule is Cc1nccn1CCCF. The standard InChI is InChI=1S/C7H11FN2/c1-7-9-4-6-10(7)5-2-3-8/h4,6H,2-3,5H2,1H3. The minimum absolute atomic E-state index is 0.252. The normalized spacial score (nSPS) is 10.2. The number of alkyl halides is 1. The van der Waals surface area contributed by atoms with Crippen LogP contribution in [0.4, 0.5) is 4.39 Å². The minimum Gasteiger partial charge on any atom is -0.335 e. The third-order valence-corrected chi connectivity index (χ3v) is 1.46. The molecule has 1 heterocycles. The number of hydrogen-bond donors (Lipinski definition) is 0. The van der Waals surface area contributed by atoms with Gasteiger partial charge < -0.3 is 4.57 Å². The summed E-state index contributed by atoms with van der Waals surface area (Å²) in [5.74, 6) is 0.952. The van der Waals surface area contributed by atoms with Crippen LogP contribution in [0.15, 0.2) is 12.4 Å².